The van der Waals surface area contributed by atoms with Gasteiger partial charge in [-0.2, -0.15) is 0 Å². The summed E-state index contributed by atoms with van der Waals surface area (Å²) in [5, 5.41) is 0.511. The summed E-state index contributed by atoms with van der Waals surface area (Å²) in [6.07, 6.45) is 4.78. The molecule has 2 bridgehead atoms. The van der Waals surface area contributed by atoms with Gasteiger partial charge >= 0.3 is 0 Å². The van der Waals surface area contributed by atoms with Crippen LogP contribution in [-0.4, -0.2) is 11.5 Å². The van der Waals surface area contributed by atoms with Crippen molar-refractivity contribution in [1.82, 2.24) is 0 Å². The second-order valence-corrected chi connectivity index (χ2v) is 8.41. The number of thioether (sulfide) groups is 1. The van der Waals surface area contributed by atoms with Crippen LogP contribution < -0.4 is 0 Å². The number of fused-ring (bicyclic) bond motifs is 1. The molecule has 1 aromatic carbocycles. The zero-order valence-corrected chi connectivity index (χ0v) is 12.4. The van der Waals surface area contributed by atoms with E-state index in [-0.39, 0.29) is 5.41 Å². The minimum atomic E-state index is -0.0999. The molecule has 0 saturated heterocycles. The third-order valence-corrected chi connectivity index (χ3v) is 7.74. The van der Waals surface area contributed by atoms with E-state index in [9.17, 15) is 4.79 Å². The normalized spacial score (nSPS) is 41.7. The molecule has 0 amide bonds. The number of aldehydes is 1. The molecule has 3 aliphatic carbocycles. The summed E-state index contributed by atoms with van der Waals surface area (Å²) in [6, 6.07) is 8.66. The summed E-state index contributed by atoms with van der Waals surface area (Å²) < 4.78 is 0. The van der Waals surface area contributed by atoms with Gasteiger partial charge in [0.25, 0.3) is 0 Å². The zero-order valence-electron chi connectivity index (χ0n) is 11.6. The van der Waals surface area contributed by atoms with Crippen molar-refractivity contribution in [1.29, 1.82) is 0 Å². The molecule has 4 aliphatic rings. The highest BCUT2D eigenvalue weighted by molar-refractivity contribution is 8.00. The lowest BCUT2D eigenvalue weighted by Crippen LogP contribution is -2.65. The molecule has 3 fully saturated rings. The molecule has 1 nitrogen and oxygen atoms in total. The number of rotatable bonds is 1. The first-order chi connectivity index (χ1) is 9.08. The number of carbonyl (C=O) groups is 1. The van der Waals surface area contributed by atoms with E-state index in [1.807, 2.05) is 11.8 Å². The van der Waals surface area contributed by atoms with Gasteiger partial charge in [-0.3, -0.25) is 0 Å². The van der Waals surface area contributed by atoms with E-state index >= 15 is 0 Å². The minimum Gasteiger partial charge on any atom is -0.303 e. The maximum absolute atomic E-state index is 12.0. The van der Waals surface area contributed by atoms with Gasteiger partial charge in [0.2, 0.25) is 0 Å². The van der Waals surface area contributed by atoms with Crippen molar-refractivity contribution >= 4 is 18.0 Å². The number of hydrogen-bond donors (Lipinski definition) is 0. The Labute approximate surface area is 119 Å². The van der Waals surface area contributed by atoms with Crippen molar-refractivity contribution in [3.63, 3.8) is 0 Å². The van der Waals surface area contributed by atoms with E-state index in [0.717, 1.165) is 12.3 Å². The lowest BCUT2D eigenvalue weighted by atomic mass is 9.40. The highest BCUT2D eigenvalue weighted by Gasteiger charge is 2.66. The monoisotopic (exact) mass is 272 g/mol. The molecule has 19 heavy (non-hydrogen) atoms. The molecule has 2 heteroatoms. The van der Waals surface area contributed by atoms with E-state index < -0.39 is 0 Å². The molecule has 0 radical (unpaired) electrons. The average Bonchev–Trinajstić information content (AvgIpc) is 2.43. The van der Waals surface area contributed by atoms with E-state index in [2.05, 4.69) is 38.1 Å². The molecule has 100 valence electrons. The first-order valence-electron chi connectivity index (χ1n) is 7.29. The van der Waals surface area contributed by atoms with Crippen molar-refractivity contribution in [2.45, 2.75) is 43.3 Å². The van der Waals surface area contributed by atoms with Crippen molar-refractivity contribution in [3.8, 4) is 0 Å². The van der Waals surface area contributed by atoms with Gasteiger partial charge < -0.3 is 4.79 Å². The Morgan fingerprint density at radius 2 is 2.05 bits per heavy atom. The Balaban J connectivity index is 1.81. The van der Waals surface area contributed by atoms with Crippen LogP contribution in [0.25, 0.3) is 0 Å². The summed E-state index contributed by atoms with van der Waals surface area (Å²) in [4.78, 5) is 13.4. The van der Waals surface area contributed by atoms with Crippen LogP contribution in [0.5, 0.6) is 0 Å². The van der Waals surface area contributed by atoms with Gasteiger partial charge in [0, 0.05) is 15.6 Å². The maximum atomic E-state index is 12.0. The first kappa shape index (κ1) is 12.0. The van der Waals surface area contributed by atoms with Crippen molar-refractivity contribution < 1.29 is 4.79 Å². The molecule has 0 aromatic heterocycles. The Bertz CT molecular complexity index is 550. The molecule has 0 spiro atoms. The van der Waals surface area contributed by atoms with Gasteiger partial charge in [-0.25, -0.2) is 0 Å². The third-order valence-electron chi connectivity index (χ3n) is 6.18. The average molecular weight is 272 g/mol. The summed E-state index contributed by atoms with van der Waals surface area (Å²) >= 11 is 1.97. The molecule has 4 atom stereocenters. The molecule has 1 aliphatic heterocycles. The summed E-state index contributed by atoms with van der Waals surface area (Å²) in [7, 11) is 0. The first-order valence-corrected chi connectivity index (χ1v) is 8.17. The maximum Gasteiger partial charge on any atom is 0.127 e. The fourth-order valence-corrected chi connectivity index (χ4v) is 6.48. The van der Waals surface area contributed by atoms with E-state index in [1.54, 1.807) is 0 Å². The van der Waals surface area contributed by atoms with E-state index in [4.69, 9.17) is 0 Å². The largest absolute Gasteiger partial charge is 0.303 e. The molecule has 1 aromatic rings. The highest BCUT2D eigenvalue weighted by Crippen LogP contribution is 2.70. The molecule has 5 rings (SSSR count). The van der Waals surface area contributed by atoms with Crippen LogP contribution in [0.4, 0.5) is 0 Å². The van der Waals surface area contributed by atoms with Crippen LogP contribution in [0.15, 0.2) is 29.2 Å². The predicted octanol–water partition coefficient (Wildman–Crippen LogP) is 3.95. The number of hydrogen-bond acceptors (Lipinski definition) is 2. The lowest BCUT2D eigenvalue weighted by molar-refractivity contribution is -0.162. The molecular weight excluding hydrogens is 252 g/mol. The molecule has 3 saturated carbocycles. The second kappa shape index (κ2) is 3.66. The quantitative estimate of drug-likeness (QED) is 0.720. The van der Waals surface area contributed by atoms with Crippen molar-refractivity contribution in [3.05, 3.63) is 29.8 Å². The fourth-order valence-electron chi connectivity index (χ4n) is 4.87. The number of carbonyl (C=O) groups excluding carboxylic acids is 1. The Kier molecular flexibility index (Phi) is 2.32. The topological polar surface area (TPSA) is 17.1 Å². The number of benzene rings is 1. The fraction of sp³-hybridized carbons (Fsp3) is 0.588. The van der Waals surface area contributed by atoms with Gasteiger partial charge in [0.05, 0.1) is 0 Å². The molecule has 1 heterocycles. The molecular formula is C17H20OS. The standard InChI is InChI=1S/C17H20OS/c1-16(2)12-7-14(16)17(10-18)9-11-5-3-4-6-13(11)19-15(17)8-12/h3-6,10,12,14-15H,7-9H2,1-2H3/t12-,14-,15+,17+/m1/s1. The summed E-state index contributed by atoms with van der Waals surface area (Å²) in [5.74, 6) is 1.41. The van der Waals surface area contributed by atoms with Crippen LogP contribution in [0.1, 0.15) is 32.3 Å². The zero-order chi connectivity index (χ0) is 13.3. The SMILES string of the molecule is CC1(C)[C@H]2C[C@@H]3Sc4ccccc4C[C@]3(C=O)[C@@H]1C2. The highest BCUT2D eigenvalue weighted by atomic mass is 32.2. The molecule has 0 unspecified atom stereocenters. The van der Waals surface area contributed by atoms with Gasteiger partial charge in [0.1, 0.15) is 6.29 Å². The van der Waals surface area contributed by atoms with Crippen LogP contribution in [0.2, 0.25) is 0 Å². The predicted molar refractivity (Wildman–Crippen MR) is 78.3 cm³/mol. The van der Waals surface area contributed by atoms with Crippen LogP contribution in [0, 0.1) is 22.7 Å². The van der Waals surface area contributed by atoms with Crippen LogP contribution in [0.3, 0.4) is 0 Å². The van der Waals surface area contributed by atoms with E-state index in [0.29, 0.717) is 16.6 Å². The minimum absolute atomic E-state index is 0.0999. The van der Waals surface area contributed by atoms with Gasteiger partial charge in [-0.15, -0.1) is 11.8 Å². The van der Waals surface area contributed by atoms with Gasteiger partial charge in [-0.05, 0) is 48.1 Å². The van der Waals surface area contributed by atoms with Crippen LogP contribution >= 0.6 is 11.8 Å². The molecule has 0 N–H and O–H groups in total. The summed E-state index contributed by atoms with van der Waals surface area (Å²) in [5.41, 5.74) is 1.65. The third kappa shape index (κ3) is 1.36. The Hall–Kier alpha value is -0.760. The van der Waals surface area contributed by atoms with Crippen molar-refractivity contribution in [2.24, 2.45) is 22.7 Å². The summed E-state index contributed by atoms with van der Waals surface area (Å²) in [6.45, 7) is 4.75. The van der Waals surface area contributed by atoms with Crippen molar-refractivity contribution in [2.75, 3.05) is 0 Å². The Morgan fingerprint density at radius 1 is 1.26 bits per heavy atom. The second-order valence-electron chi connectivity index (χ2n) is 7.16. The smallest absolute Gasteiger partial charge is 0.127 e. The Morgan fingerprint density at radius 3 is 2.79 bits per heavy atom. The van der Waals surface area contributed by atoms with Crippen LogP contribution in [-0.2, 0) is 11.2 Å². The lowest BCUT2D eigenvalue weighted by Gasteiger charge is -2.67. The van der Waals surface area contributed by atoms with Gasteiger partial charge in [0.15, 0.2) is 0 Å². The van der Waals surface area contributed by atoms with E-state index in [1.165, 1.54) is 29.6 Å². The van der Waals surface area contributed by atoms with Gasteiger partial charge in [-0.1, -0.05) is 32.0 Å².